The van der Waals surface area contributed by atoms with Gasteiger partial charge in [0.2, 0.25) is 11.8 Å². The van der Waals surface area contributed by atoms with E-state index < -0.39 is 40.8 Å². The number of hydrogen-bond acceptors (Lipinski definition) is 7. The second-order valence-corrected chi connectivity index (χ2v) is 9.46. The summed E-state index contributed by atoms with van der Waals surface area (Å²) in [6.07, 6.45) is 1.37. The highest BCUT2D eigenvalue weighted by Gasteiger charge is 2.77. The summed E-state index contributed by atoms with van der Waals surface area (Å²) in [6, 6.07) is 9.30. The zero-order chi connectivity index (χ0) is 23.9. The molecule has 2 aromatic carbocycles. The molecule has 3 heterocycles. The summed E-state index contributed by atoms with van der Waals surface area (Å²) >= 11 is 6.35. The van der Waals surface area contributed by atoms with Crippen LogP contribution in [0.3, 0.4) is 0 Å². The summed E-state index contributed by atoms with van der Waals surface area (Å²) in [6.45, 7) is 0.484. The molecule has 8 nitrogen and oxygen atoms in total. The molecular formula is C25H21ClN2O6. The van der Waals surface area contributed by atoms with E-state index in [1.807, 2.05) is 4.90 Å². The number of methoxy groups -OCH3 is 2. The average molecular weight is 481 g/mol. The zero-order valence-corrected chi connectivity index (χ0v) is 19.3. The third kappa shape index (κ3) is 2.32. The van der Waals surface area contributed by atoms with E-state index in [4.69, 9.17) is 21.1 Å². The van der Waals surface area contributed by atoms with Crippen LogP contribution >= 0.6 is 11.6 Å². The van der Waals surface area contributed by atoms with Crippen LogP contribution in [-0.4, -0.2) is 60.6 Å². The number of amides is 2. The molecule has 0 aromatic heterocycles. The van der Waals surface area contributed by atoms with Gasteiger partial charge in [-0.05, 0) is 19.4 Å². The van der Waals surface area contributed by atoms with Crippen LogP contribution in [0.15, 0.2) is 36.4 Å². The molecule has 3 unspecified atom stereocenters. The Labute approximate surface area is 200 Å². The molecule has 4 aliphatic rings. The Bertz CT molecular complexity index is 1270. The van der Waals surface area contributed by atoms with E-state index in [-0.39, 0.29) is 22.5 Å². The maximum absolute atomic E-state index is 14.0. The number of Topliss-reactive ketones (excluding diaryl/α,β-unsaturated/α-hetero) is 2. The number of nitrogens with zero attached hydrogens (tertiary/aromatic N) is 2. The second-order valence-electron chi connectivity index (χ2n) is 9.05. The minimum absolute atomic E-state index is 0.145. The van der Waals surface area contributed by atoms with Crippen LogP contribution < -0.4 is 14.4 Å². The van der Waals surface area contributed by atoms with Gasteiger partial charge in [0.25, 0.3) is 0 Å². The quantitative estimate of drug-likeness (QED) is 0.492. The lowest BCUT2D eigenvalue weighted by molar-refractivity contribution is -0.124. The Morgan fingerprint density at radius 1 is 0.971 bits per heavy atom. The fourth-order valence-corrected chi connectivity index (χ4v) is 6.80. The molecular weight excluding hydrogens is 460 g/mol. The van der Waals surface area contributed by atoms with Gasteiger partial charge in [0.15, 0.2) is 22.9 Å². The van der Waals surface area contributed by atoms with Crippen molar-refractivity contribution in [3.63, 3.8) is 0 Å². The molecule has 1 spiro atoms. The monoisotopic (exact) mass is 480 g/mol. The van der Waals surface area contributed by atoms with Gasteiger partial charge < -0.3 is 9.47 Å². The van der Waals surface area contributed by atoms with Crippen LogP contribution in [0.25, 0.3) is 0 Å². The largest absolute Gasteiger partial charge is 0.497 e. The Hall–Kier alpha value is -3.23. The minimum atomic E-state index is -1.70. The number of anilines is 1. The van der Waals surface area contributed by atoms with Crippen molar-refractivity contribution in [3.05, 3.63) is 52.5 Å². The SMILES string of the molecule is COc1cc(Cl)c(OC)c(N2C(=O)C3C4CCCN4C4(C(=O)c5ccccc5C4=O)C3C2=O)c1. The number of carbonyl (C=O) groups is 4. The van der Waals surface area contributed by atoms with Gasteiger partial charge in [0, 0.05) is 29.3 Å². The maximum Gasteiger partial charge on any atom is 0.240 e. The van der Waals surface area contributed by atoms with Crippen molar-refractivity contribution in [2.24, 2.45) is 11.8 Å². The highest BCUT2D eigenvalue weighted by Crippen LogP contribution is 2.58. The number of benzene rings is 2. The number of fused-ring (bicyclic) bond motifs is 6. The molecule has 174 valence electrons. The molecule has 6 rings (SSSR count). The molecule has 0 radical (unpaired) electrons. The van der Waals surface area contributed by atoms with Crippen LogP contribution in [0.1, 0.15) is 33.6 Å². The normalized spacial score (nSPS) is 26.9. The number of ketones is 2. The van der Waals surface area contributed by atoms with Crippen molar-refractivity contribution in [1.29, 1.82) is 0 Å². The first-order chi connectivity index (χ1) is 16.4. The van der Waals surface area contributed by atoms with Gasteiger partial charge in [-0.1, -0.05) is 35.9 Å². The molecule has 0 N–H and O–H groups in total. The zero-order valence-electron chi connectivity index (χ0n) is 18.5. The number of imide groups is 1. The Morgan fingerprint density at radius 3 is 2.26 bits per heavy atom. The topological polar surface area (TPSA) is 93.2 Å². The van der Waals surface area contributed by atoms with E-state index in [9.17, 15) is 19.2 Å². The van der Waals surface area contributed by atoms with Crippen LogP contribution in [0.4, 0.5) is 5.69 Å². The predicted octanol–water partition coefficient (Wildman–Crippen LogP) is 2.76. The number of carbonyl (C=O) groups excluding carboxylic acids is 4. The highest BCUT2D eigenvalue weighted by molar-refractivity contribution is 6.38. The molecule has 34 heavy (non-hydrogen) atoms. The standard InChI is InChI=1S/C25H21ClN2O6/c1-33-12-10-15(26)20(34-2)17(11-12)28-23(31)18-16-8-5-9-27(16)25(19(18)24(28)32)21(29)13-6-3-4-7-14(13)22(25)30/h3-4,6-7,10-11,16,18-19H,5,8-9H2,1-2H3. The van der Waals surface area contributed by atoms with E-state index >= 15 is 0 Å². The molecule has 3 saturated heterocycles. The van der Waals surface area contributed by atoms with E-state index in [1.54, 1.807) is 24.3 Å². The summed E-state index contributed by atoms with van der Waals surface area (Å²) < 4.78 is 10.7. The van der Waals surface area contributed by atoms with Crippen molar-refractivity contribution in [3.8, 4) is 11.5 Å². The van der Waals surface area contributed by atoms with Gasteiger partial charge in [-0.3, -0.25) is 24.1 Å². The number of rotatable bonds is 3. The van der Waals surface area contributed by atoms with Crippen LogP contribution in [-0.2, 0) is 9.59 Å². The van der Waals surface area contributed by atoms with Gasteiger partial charge in [-0.2, -0.15) is 0 Å². The highest BCUT2D eigenvalue weighted by atomic mass is 35.5. The van der Waals surface area contributed by atoms with Crippen LogP contribution in [0.5, 0.6) is 11.5 Å². The van der Waals surface area contributed by atoms with Crippen LogP contribution in [0.2, 0.25) is 5.02 Å². The Balaban J connectivity index is 1.55. The molecule has 0 bridgehead atoms. The van der Waals surface area contributed by atoms with Crippen molar-refractivity contribution in [2.75, 3.05) is 25.7 Å². The fourth-order valence-electron chi connectivity index (χ4n) is 6.52. The van der Waals surface area contributed by atoms with E-state index in [1.165, 1.54) is 26.4 Å². The van der Waals surface area contributed by atoms with E-state index in [0.717, 1.165) is 11.3 Å². The first kappa shape index (κ1) is 21.3. The molecule has 0 saturated carbocycles. The molecule has 1 aliphatic carbocycles. The predicted molar refractivity (Wildman–Crippen MR) is 122 cm³/mol. The van der Waals surface area contributed by atoms with Gasteiger partial charge in [-0.25, -0.2) is 4.90 Å². The third-order valence-electron chi connectivity index (χ3n) is 7.75. The molecule has 9 heteroatoms. The summed E-state index contributed by atoms with van der Waals surface area (Å²) in [5, 5.41) is 0.173. The average Bonchev–Trinajstić information content (AvgIpc) is 3.53. The number of hydrogen-bond donors (Lipinski definition) is 0. The van der Waals surface area contributed by atoms with Crippen molar-refractivity contribution in [2.45, 2.75) is 24.4 Å². The lowest BCUT2D eigenvalue weighted by Gasteiger charge is -2.35. The number of halogens is 1. The summed E-state index contributed by atoms with van der Waals surface area (Å²) in [4.78, 5) is 58.5. The Kier molecular flexibility index (Phi) is 4.47. The molecule has 2 amide bonds. The van der Waals surface area contributed by atoms with Gasteiger partial charge in [0.1, 0.15) is 5.75 Å². The van der Waals surface area contributed by atoms with Gasteiger partial charge in [-0.15, -0.1) is 0 Å². The van der Waals surface area contributed by atoms with Gasteiger partial charge in [0.05, 0.1) is 36.8 Å². The molecule has 3 aliphatic heterocycles. The third-order valence-corrected chi connectivity index (χ3v) is 8.04. The molecule has 3 atom stereocenters. The molecule has 2 aromatic rings. The minimum Gasteiger partial charge on any atom is -0.497 e. The Morgan fingerprint density at radius 2 is 1.65 bits per heavy atom. The lowest BCUT2D eigenvalue weighted by atomic mass is 9.76. The first-order valence-corrected chi connectivity index (χ1v) is 11.5. The van der Waals surface area contributed by atoms with Crippen LogP contribution in [0, 0.1) is 11.8 Å². The van der Waals surface area contributed by atoms with E-state index in [2.05, 4.69) is 0 Å². The fraction of sp³-hybridized carbons (Fsp3) is 0.360. The summed E-state index contributed by atoms with van der Waals surface area (Å²) in [5.41, 5.74) is -0.947. The molecule has 3 fully saturated rings. The first-order valence-electron chi connectivity index (χ1n) is 11.1. The van der Waals surface area contributed by atoms with Crippen molar-refractivity contribution < 1.29 is 28.7 Å². The van der Waals surface area contributed by atoms with Crippen molar-refractivity contribution >= 4 is 40.7 Å². The summed E-state index contributed by atoms with van der Waals surface area (Å²) in [7, 11) is 2.84. The van der Waals surface area contributed by atoms with E-state index in [0.29, 0.717) is 29.8 Å². The lowest BCUT2D eigenvalue weighted by Crippen LogP contribution is -2.59. The van der Waals surface area contributed by atoms with Crippen molar-refractivity contribution in [1.82, 2.24) is 4.90 Å². The smallest absolute Gasteiger partial charge is 0.240 e. The summed E-state index contributed by atoms with van der Waals surface area (Å²) in [5.74, 6) is -3.29. The second kappa shape index (κ2) is 7.13. The number of ether oxygens (including phenoxy) is 2. The maximum atomic E-state index is 14.0. The van der Waals surface area contributed by atoms with Gasteiger partial charge >= 0.3 is 0 Å².